The predicted molar refractivity (Wildman–Crippen MR) is 131 cm³/mol. The zero-order valence-corrected chi connectivity index (χ0v) is 20.6. The Kier molecular flexibility index (Phi) is 12.9. The first-order valence-electron chi connectivity index (χ1n) is 11.8. The van der Waals surface area contributed by atoms with Gasteiger partial charge in [-0.25, -0.2) is 4.79 Å². The lowest BCUT2D eigenvalue weighted by atomic mass is 10.00. The van der Waals surface area contributed by atoms with Crippen molar-refractivity contribution in [3.63, 3.8) is 0 Å². The summed E-state index contributed by atoms with van der Waals surface area (Å²) in [5.41, 5.74) is 11.9. The topological polar surface area (TPSA) is 197 Å². The Morgan fingerprint density at radius 3 is 2.00 bits per heavy atom. The highest BCUT2D eigenvalue weighted by Gasteiger charge is 2.32. The van der Waals surface area contributed by atoms with Gasteiger partial charge in [-0.3, -0.25) is 14.4 Å². The number of carboxylic acid groups (broad SMARTS) is 1. The number of aliphatic hydroxyl groups is 1. The molecule has 0 aromatic heterocycles. The number of carbonyl (C=O) groups is 4. The molecule has 1 rings (SSSR count). The van der Waals surface area contributed by atoms with Crippen LogP contribution in [0.3, 0.4) is 0 Å². The van der Waals surface area contributed by atoms with Gasteiger partial charge in [0.1, 0.15) is 24.2 Å². The van der Waals surface area contributed by atoms with Crippen LogP contribution < -0.4 is 27.4 Å². The second-order valence-corrected chi connectivity index (χ2v) is 8.93. The van der Waals surface area contributed by atoms with Crippen LogP contribution in [-0.2, 0) is 25.6 Å². The summed E-state index contributed by atoms with van der Waals surface area (Å²) in [5, 5.41) is 26.8. The van der Waals surface area contributed by atoms with E-state index in [1.807, 2.05) is 0 Å². The van der Waals surface area contributed by atoms with Crippen LogP contribution in [0.5, 0.6) is 0 Å². The number of rotatable bonds is 15. The molecule has 0 saturated heterocycles. The fourth-order valence-corrected chi connectivity index (χ4v) is 3.35. The van der Waals surface area contributed by atoms with Gasteiger partial charge in [0, 0.05) is 6.42 Å². The van der Waals surface area contributed by atoms with Gasteiger partial charge in [-0.1, -0.05) is 44.2 Å². The predicted octanol–water partition coefficient (Wildman–Crippen LogP) is -0.739. The van der Waals surface area contributed by atoms with Crippen LogP contribution in [-0.4, -0.2) is 70.7 Å². The van der Waals surface area contributed by atoms with Crippen molar-refractivity contribution < 1.29 is 29.4 Å². The molecule has 0 spiro atoms. The van der Waals surface area contributed by atoms with Crippen LogP contribution in [0.15, 0.2) is 30.3 Å². The Bertz CT molecular complexity index is 833. The van der Waals surface area contributed by atoms with Gasteiger partial charge in [0.15, 0.2) is 0 Å². The van der Waals surface area contributed by atoms with Crippen LogP contribution in [0.4, 0.5) is 0 Å². The molecule has 0 aliphatic heterocycles. The summed E-state index contributed by atoms with van der Waals surface area (Å²) in [6.45, 7) is 5.19. The summed E-state index contributed by atoms with van der Waals surface area (Å²) in [6.07, 6.45) is 0.371. The van der Waals surface area contributed by atoms with Crippen LogP contribution in [0.25, 0.3) is 0 Å². The molecular formula is C24H39N5O6. The number of carboxylic acids is 1. The standard InChI is InChI=1S/C24H39N5O6/c1-14(2)20(23(33)28-18(24(34)35)13-16-9-5-4-6-10-16)29-21(31)17(11-7-8-12-25)27-22(32)19(26)15(3)30/h4-6,9-10,14-15,17-20,30H,7-8,11-13,25-26H2,1-3H3,(H,27,32)(H,28,33)(H,29,31)(H,34,35). The highest BCUT2D eigenvalue weighted by atomic mass is 16.4. The first-order chi connectivity index (χ1) is 16.5. The molecule has 0 aliphatic rings. The average Bonchev–Trinajstić information content (AvgIpc) is 2.80. The molecule has 5 atom stereocenters. The van der Waals surface area contributed by atoms with Gasteiger partial charge in [0.05, 0.1) is 6.10 Å². The molecule has 0 fully saturated rings. The quantitative estimate of drug-likeness (QED) is 0.155. The van der Waals surface area contributed by atoms with Gasteiger partial charge in [0.2, 0.25) is 17.7 Å². The summed E-state index contributed by atoms with van der Waals surface area (Å²) >= 11 is 0. The van der Waals surface area contributed by atoms with Crippen molar-refractivity contribution in [1.82, 2.24) is 16.0 Å². The summed E-state index contributed by atoms with van der Waals surface area (Å²) in [5.74, 6) is -3.53. The zero-order valence-electron chi connectivity index (χ0n) is 20.6. The number of hydrogen-bond acceptors (Lipinski definition) is 7. The molecule has 0 saturated carbocycles. The third-order valence-electron chi connectivity index (χ3n) is 5.55. The Morgan fingerprint density at radius 1 is 0.886 bits per heavy atom. The van der Waals surface area contributed by atoms with Crippen molar-refractivity contribution in [3.05, 3.63) is 35.9 Å². The maximum absolute atomic E-state index is 13.0. The molecule has 0 bridgehead atoms. The lowest BCUT2D eigenvalue weighted by Crippen LogP contribution is -2.59. The third-order valence-corrected chi connectivity index (χ3v) is 5.55. The van der Waals surface area contributed by atoms with Crippen LogP contribution >= 0.6 is 0 Å². The van der Waals surface area contributed by atoms with Gasteiger partial charge in [-0.2, -0.15) is 0 Å². The van der Waals surface area contributed by atoms with E-state index in [2.05, 4.69) is 16.0 Å². The fraction of sp³-hybridized carbons (Fsp3) is 0.583. The van der Waals surface area contributed by atoms with E-state index in [9.17, 15) is 29.4 Å². The monoisotopic (exact) mass is 493 g/mol. The Balaban J connectivity index is 2.95. The van der Waals surface area contributed by atoms with Crippen molar-refractivity contribution in [2.45, 2.75) is 76.7 Å². The minimum absolute atomic E-state index is 0.0790. The number of aliphatic carboxylic acids is 1. The van der Waals surface area contributed by atoms with E-state index >= 15 is 0 Å². The van der Waals surface area contributed by atoms with Crippen molar-refractivity contribution in [1.29, 1.82) is 0 Å². The molecule has 11 heteroatoms. The van der Waals surface area contributed by atoms with E-state index in [1.165, 1.54) is 6.92 Å². The maximum Gasteiger partial charge on any atom is 0.326 e. The zero-order chi connectivity index (χ0) is 26.5. The number of benzene rings is 1. The van der Waals surface area contributed by atoms with Crippen molar-refractivity contribution in [2.24, 2.45) is 17.4 Å². The van der Waals surface area contributed by atoms with Crippen LogP contribution in [0.2, 0.25) is 0 Å². The smallest absolute Gasteiger partial charge is 0.326 e. The first kappa shape index (κ1) is 30.0. The number of hydrogen-bond donors (Lipinski definition) is 7. The number of amides is 3. The van der Waals surface area contributed by atoms with Crippen molar-refractivity contribution in [2.75, 3.05) is 6.54 Å². The van der Waals surface area contributed by atoms with Crippen LogP contribution in [0.1, 0.15) is 45.6 Å². The molecule has 1 aromatic carbocycles. The van der Waals surface area contributed by atoms with Gasteiger partial charge in [-0.15, -0.1) is 0 Å². The van der Waals surface area contributed by atoms with E-state index in [0.717, 1.165) is 5.56 Å². The highest BCUT2D eigenvalue weighted by Crippen LogP contribution is 2.09. The molecule has 3 amide bonds. The lowest BCUT2D eigenvalue weighted by molar-refractivity contribution is -0.142. The molecule has 0 heterocycles. The maximum atomic E-state index is 13.0. The molecule has 5 unspecified atom stereocenters. The van der Waals surface area contributed by atoms with E-state index in [0.29, 0.717) is 19.4 Å². The Morgan fingerprint density at radius 2 is 1.49 bits per heavy atom. The number of aliphatic hydroxyl groups excluding tert-OH is 1. The number of nitrogens with one attached hydrogen (secondary N) is 3. The molecular weight excluding hydrogens is 454 g/mol. The molecule has 9 N–H and O–H groups in total. The molecule has 11 nitrogen and oxygen atoms in total. The van der Waals surface area contributed by atoms with Gasteiger partial charge >= 0.3 is 5.97 Å². The molecule has 0 radical (unpaired) electrons. The number of carbonyl (C=O) groups excluding carboxylic acids is 3. The third kappa shape index (κ3) is 10.4. The first-order valence-corrected chi connectivity index (χ1v) is 11.8. The van der Waals surface area contributed by atoms with E-state index in [4.69, 9.17) is 11.5 Å². The largest absolute Gasteiger partial charge is 0.480 e. The Hall–Kier alpha value is -3.02. The van der Waals surface area contributed by atoms with E-state index in [1.54, 1.807) is 44.2 Å². The average molecular weight is 494 g/mol. The lowest BCUT2D eigenvalue weighted by Gasteiger charge is -2.27. The van der Waals surface area contributed by atoms with Gasteiger partial charge < -0.3 is 37.6 Å². The minimum atomic E-state index is -1.22. The summed E-state index contributed by atoms with van der Waals surface area (Å²) in [6, 6.07) is 4.41. The van der Waals surface area contributed by atoms with E-state index < -0.39 is 54.0 Å². The van der Waals surface area contributed by atoms with Crippen molar-refractivity contribution in [3.8, 4) is 0 Å². The minimum Gasteiger partial charge on any atom is -0.480 e. The SMILES string of the molecule is CC(C)C(NC(=O)C(CCCCN)NC(=O)C(N)C(C)O)C(=O)NC(Cc1ccccc1)C(=O)O. The number of nitrogens with two attached hydrogens (primary N) is 2. The molecule has 35 heavy (non-hydrogen) atoms. The summed E-state index contributed by atoms with van der Waals surface area (Å²) in [4.78, 5) is 50.1. The van der Waals surface area contributed by atoms with Crippen molar-refractivity contribution >= 4 is 23.7 Å². The molecule has 196 valence electrons. The fourth-order valence-electron chi connectivity index (χ4n) is 3.35. The normalized spacial score (nSPS) is 15.4. The second kappa shape index (κ2) is 15.1. The summed E-state index contributed by atoms with van der Waals surface area (Å²) < 4.78 is 0. The second-order valence-electron chi connectivity index (χ2n) is 8.93. The van der Waals surface area contributed by atoms with Gasteiger partial charge in [-0.05, 0) is 44.2 Å². The van der Waals surface area contributed by atoms with Crippen LogP contribution in [0, 0.1) is 5.92 Å². The highest BCUT2D eigenvalue weighted by molar-refractivity contribution is 5.94. The Labute approximate surface area is 206 Å². The van der Waals surface area contributed by atoms with E-state index in [-0.39, 0.29) is 18.8 Å². The summed E-state index contributed by atoms with van der Waals surface area (Å²) in [7, 11) is 0. The van der Waals surface area contributed by atoms with Gasteiger partial charge in [0.25, 0.3) is 0 Å². The number of unbranched alkanes of at least 4 members (excludes halogenated alkanes) is 1. The molecule has 1 aromatic rings. The molecule has 0 aliphatic carbocycles.